The van der Waals surface area contributed by atoms with E-state index in [1.54, 1.807) is 4.90 Å². The number of hydrogen-bond acceptors (Lipinski definition) is 1. The largest absolute Gasteiger partial charge is 0.346 e. The van der Waals surface area contributed by atoms with E-state index in [0.29, 0.717) is 0 Å². The SMILES string of the molecule is CCN(C=O)CC.[Cd]. The van der Waals surface area contributed by atoms with Crippen LogP contribution in [-0.4, -0.2) is 24.4 Å². The first kappa shape index (κ1) is 11.2. The number of hydrogen-bond donors (Lipinski definition) is 0. The summed E-state index contributed by atoms with van der Waals surface area (Å²) in [7, 11) is 0. The second-order valence-corrected chi connectivity index (χ2v) is 1.33. The van der Waals surface area contributed by atoms with Gasteiger partial charge in [-0.15, -0.1) is 0 Å². The molecule has 0 aromatic heterocycles. The molecule has 0 atom stereocenters. The van der Waals surface area contributed by atoms with Crippen LogP contribution in [0.1, 0.15) is 13.8 Å². The van der Waals surface area contributed by atoms with Crippen LogP contribution in [0.15, 0.2) is 0 Å². The predicted octanol–water partition coefficient (Wildman–Crippen LogP) is 0.482. The van der Waals surface area contributed by atoms with Crippen molar-refractivity contribution in [3.63, 3.8) is 0 Å². The van der Waals surface area contributed by atoms with Gasteiger partial charge in [-0.1, -0.05) is 0 Å². The third-order valence-electron chi connectivity index (χ3n) is 0.961. The van der Waals surface area contributed by atoms with Gasteiger partial charge in [0.05, 0.1) is 0 Å². The molecule has 0 aliphatic heterocycles. The van der Waals surface area contributed by atoms with Crippen molar-refractivity contribution in [2.75, 3.05) is 13.1 Å². The van der Waals surface area contributed by atoms with E-state index in [-0.39, 0.29) is 27.3 Å². The minimum atomic E-state index is 0. The number of amides is 1. The summed E-state index contributed by atoms with van der Waals surface area (Å²) in [4.78, 5) is 11.6. The second kappa shape index (κ2) is 7.39. The zero-order valence-corrected chi connectivity index (χ0v) is 9.59. The first-order chi connectivity index (χ1) is 3.35. The third-order valence-corrected chi connectivity index (χ3v) is 0.961. The van der Waals surface area contributed by atoms with Crippen LogP contribution < -0.4 is 0 Å². The summed E-state index contributed by atoms with van der Waals surface area (Å²) in [5, 5.41) is 0. The van der Waals surface area contributed by atoms with Crippen molar-refractivity contribution in [1.29, 1.82) is 0 Å². The molecule has 0 unspecified atom stereocenters. The van der Waals surface area contributed by atoms with E-state index in [4.69, 9.17) is 0 Å². The monoisotopic (exact) mass is 215 g/mol. The molecule has 2 nitrogen and oxygen atoms in total. The summed E-state index contributed by atoms with van der Waals surface area (Å²) in [6, 6.07) is 0. The van der Waals surface area contributed by atoms with E-state index in [0.717, 1.165) is 19.5 Å². The van der Waals surface area contributed by atoms with Gasteiger partial charge in [0, 0.05) is 40.4 Å². The fourth-order valence-corrected chi connectivity index (χ4v) is 0.373. The van der Waals surface area contributed by atoms with E-state index >= 15 is 0 Å². The van der Waals surface area contributed by atoms with E-state index in [9.17, 15) is 4.79 Å². The molecule has 0 aromatic rings. The van der Waals surface area contributed by atoms with Crippen molar-refractivity contribution >= 4 is 6.41 Å². The zero-order chi connectivity index (χ0) is 5.70. The molecule has 0 N–H and O–H groups in total. The predicted molar refractivity (Wildman–Crippen MR) is 29.0 cm³/mol. The molecule has 0 radical (unpaired) electrons. The molecule has 0 aliphatic carbocycles. The average Bonchev–Trinajstić information content (AvgIpc) is 1.72. The molecule has 44 valence electrons. The van der Waals surface area contributed by atoms with Gasteiger partial charge in [-0.25, -0.2) is 0 Å². The van der Waals surface area contributed by atoms with Crippen LogP contribution in [0, 0.1) is 0 Å². The molecule has 8 heavy (non-hydrogen) atoms. The Morgan fingerprint density at radius 1 is 1.38 bits per heavy atom. The van der Waals surface area contributed by atoms with Crippen LogP contribution in [0.2, 0.25) is 0 Å². The molecule has 0 saturated heterocycles. The van der Waals surface area contributed by atoms with Crippen molar-refractivity contribution in [2.24, 2.45) is 0 Å². The van der Waals surface area contributed by atoms with Crippen molar-refractivity contribution in [2.45, 2.75) is 13.8 Å². The summed E-state index contributed by atoms with van der Waals surface area (Å²) in [6.45, 7) is 5.55. The Morgan fingerprint density at radius 2 is 1.75 bits per heavy atom. The van der Waals surface area contributed by atoms with Crippen LogP contribution in [0.5, 0.6) is 0 Å². The van der Waals surface area contributed by atoms with Crippen LogP contribution in [0.3, 0.4) is 0 Å². The number of rotatable bonds is 3. The normalized spacial score (nSPS) is 7.25. The van der Waals surface area contributed by atoms with Gasteiger partial charge in [0.25, 0.3) is 0 Å². The zero-order valence-electron chi connectivity index (χ0n) is 5.55. The number of nitrogens with zero attached hydrogens (tertiary/aromatic N) is 1. The Bertz CT molecular complexity index is 54.4. The van der Waals surface area contributed by atoms with Gasteiger partial charge in [-0.3, -0.25) is 4.79 Å². The van der Waals surface area contributed by atoms with E-state index in [1.165, 1.54) is 0 Å². The third kappa shape index (κ3) is 4.55. The summed E-state index contributed by atoms with van der Waals surface area (Å²) in [5.74, 6) is 0. The first-order valence-corrected chi connectivity index (χ1v) is 2.54. The van der Waals surface area contributed by atoms with Gasteiger partial charge in [-0.05, 0) is 13.8 Å². The summed E-state index contributed by atoms with van der Waals surface area (Å²) < 4.78 is 0. The fourth-order valence-electron chi connectivity index (χ4n) is 0.373. The standard InChI is InChI=1S/C5H11NO.Cd/c1-3-6(4-2)5-7;/h5H,3-4H2,1-2H3;. The topological polar surface area (TPSA) is 20.3 Å². The molecular weight excluding hydrogens is 202 g/mol. The van der Waals surface area contributed by atoms with E-state index in [1.807, 2.05) is 13.8 Å². The van der Waals surface area contributed by atoms with Crippen LogP contribution in [0.25, 0.3) is 0 Å². The van der Waals surface area contributed by atoms with Gasteiger partial charge in [0.15, 0.2) is 0 Å². The minimum absolute atomic E-state index is 0. The first-order valence-electron chi connectivity index (χ1n) is 2.54. The van der Waals surface area contributed by atoms with Gasteiger partial charge in [0.2, 0.25) is 6.41 Å². The van der Waals surface area contributed by atoms with Crippen molar-refractivity contribution < 1.29 is 32.1 Å². The molecule has 1 amide bonds. The molecule has 3 heteroatoms. The number of carbonyl (C=O) groups excluding carboxylic acids is 1. The Balaban J connectivity index is 0. The molecule has 0 saturated carbocycles. The molecule has 0 aromatic carbocycles. The Morgan fingerprint density at radius 3 is 1.75 bits per heavy atom. The fraction of sp³-hybridized carbons (Fsp3) is 0.800. The summed E-state index contributed by atoms with van der Waals surface area (Å²) >= 11 is 0. The molecule has 0 heterocycles. The maximum atomic E-state index is 9.89. The Hall–Kier alpha value is 0.392. The molecule has 0 spiro atoms. The second-order valence-electron chi connectivity index (χ2n) is 1.33. The van der Waals surface area contributed by atoms with Gasteiger partial charge in [-0.2, -0.15) is 0 Å². The van der Waals surface area contributed by atoms with Crippen molar-refractivity contribution in [1.82, 2.24) is 4.90 Å². The van der Waals surface area contributed by atoms with Gasteiger partial charge in [0.1, 0.15) is 0 Å². The van der Waals surface area contributed by atoms with Crippen molar-refractivity contribution in [3.05, 3.63) is 0 Å². The van der Waals surface area contributed by atoms with Gasteiger partial charge < -0.3 is 4.90 Å². The maximum absolute atomic E-state index is 9.89. The summed E-state index contributed by atoms with van der Waals surface area (Å²) in [6.07, 6.45) is 0.861. The average molecular weight is 214 g/mol. The Kier molecular flexibility index (Phi) is 10.4. The molecule has 0 rings (SSSR count). The van der Waals surface area contributed by atoms with Crippen LogP contribution in [0.4, 0.5) is 0 Å². The van der Waals surface area contributed by atoms with E-state index in [2.05, 4.69) is 0 Å². The maximum Gasteiger partial charge on any atom is 0.209 e. The molecular formula is C5H11CdNO. The van der Waals surface area contributed by atoms with Gasteiger partial charge >= 0.3 is 0 Å². The van der Waals surface area contributed by atoms with E-state index < -0.39 is 0 Å². The van der Waals surface area contributed by atoms with Crippen LogP contribution in [-0.2, 0) is 32.1 Å². The quantitative estimate of drug-likeness (QED) is 0.493. The molecule has 0 bridgehead atoms. The van der Waals surface area contributed by atoms with Crippen molar-refractivity contribution in [3.8, 4) is 0 Å². The molecule has 0 aliphatic rings. The minimum Gasteiger partial charge on any atom is -0.346 e. The summed E-state index contributed by atoms with van der Waals surface area (Å²) in [5.41, 5.74) is 0. The Labute approximate surface area is 70.4 Å². The van der Waals surface area contributed by atoms with Crippen LogP contribution >= 0.6 is 0 Å². The smallest absolute Gasteiger partial charge is 0.209 e. The number of carbonyl (C=O) groups is 1. The molecule has 0 fully saturated rings.